The summed E-state index contributed by atoms with van der Waals surface area (Å²) in [5, 5.41) is 9.49. The van der Waals surface area contributed by atoms with Crippen molar-refractivity contribution < 1.29 is 8.83 Å². The molecular weight excluding hydrogens is 647 g/mol. The van der Waals surface area contributed by atoms with Crippen LogP contribution in [0.25, 0.3) is 87.7 Å². The molecule has 0 N–H and O–H groups in total. The summed E-state index contributed by atoms with van der Waals surface area (Å²) in [4.78, 5) is 2.35. The Labute approximate surface area is 305 Å². The molecule has 0 aliphatic rings. The van der Waals surface area contributed by atoms with Gasteiger partial charge in [-0.2, -0.15) is 0 Å². The summed E-state index contributed by atoms with van der Waals surface area (Å²) < 4.78 is 12.6. The molecule has 0 amide bonds. The van der Waals surface area contributed by atoms with Gasteiger partial charge < -0.3 is 13.7 Å². The highest BCUT2D eigenvalue weighted by Gasteiger charge is 2.20. The predicted molar refractivity (Wildman–Crippen MR) is 222 cm³/mol. The van der Waals surface area contributed by atoms with E-state index in [-0.39, 0.29) is 0 Å². The Bertz CT molecular complexity index is 3170. The van der Waals surface area contributed by atoms with E-state index < -0.39 is 0 Å². The molecule has 0 fully saturated rings. The minimum absolute atomic E-state index is 0.865. The zero-order valence-electron chi connectivity index (χ0n) is 28.7. The van der Waals surface area contributed by atoms with Crippen molar-refractivity contribution in [2.75, 3.05) is 4.90 Å². The fourth-order valence-corrected chi connectivity index (χ4v) is 8.16. The molecule has 3 heteroatoms. The van der Waals surface area contributed by atoms with Gasteiger partial charge in [0.15, 0.2) is 0 Å². The van der Waals surface area contributed by atoms with Crippen LogP contribution in [0, 0.1) is 0 Å². The Balaban J connectivity index is 1.05. The topological polar surface area (TPSA) is 29.5 Å². The summed E-state index contributed by atoms with van der Waals surface area (Å²) in [6.45, 7) is 0. The summed E-state index contributed by atoms with van der Waals surface area (Å²) in [6.07, 6.45) is 0. The van der Waals surface area contributed by atoms with Crippen molar-refractivity contribution in [3.8, 4) is 22.3 Å². The maximum atomic E-state index is 6.37. The van der Waals surface area contributed by atoms with Crippen molar-refractivity contribution >= 4 is 82.5 Å². The lowest BCUT2D eigenvalue weighted by Crippen LogP contribution is -2.10. The van der Waals surface area contributed by atoms with Gasteiger partial charge in [0.05, 0.1) is 11.1 Å². The second-order valence-electron chi connectivity index (χ2n) is 13.7. The Hall–Kier alpha value is -7.10. The molecule has 0 bridgehead atoms. The van der Waals surface area contributed by atoms with Crippen molar-refractivity contribution in [2.24, 2.45) is 0 Å². The molecule has 248 valence electrons. The van der Waals surface area contributed by atoms with Crippen LogP contribution >= 0.6 is 0 Å². The van der Waals surface area contributed by atoms with E-state index in [0.717, 1.165) is 72.1 Å². The quantitative estimate of drug-likeness (QED) is 0.170. The van der Waals surface area contributed by atoms with Gasteiger partial charge in [0.1, 0.15) is 22.3 Å². The van der Waals surface area contributed by atoms with Crippen LogP contribution in [0.2, 0.25) is 0 Å². The van der Waals surface area contributed by atoms with Crippen molar-refractivity contribution in [2.45, 2.75) is 0 Å². The third-order valence-corrected chi connectivity index (χ3v) is 10.7. The lowest BCUT2D eigenvalue weighted by molar-refractivity contribution is 0.668. The molecule has 0 saturated carbocycles. The fourth-order valence-electron chi connectivity index (χ4n) is 8.16. The first-order valence-electron chi connectivity index (χ1n) is 18.0. The van der Waals surface area contributed by atoms with Gasteiger partial charge in [-0.1, -0.05) is 121 Å². The SMILES string of the molecule is c1ccc2c(c1)cc(-c1ccc(N(c3ccc(-c4ccc5c(c4)oc4ccccc45)cc3)c3cccc4oc5ccccc5c34)cc1)c1ccccc12. The highest BCUT2D eigenvalue weighted by atomic mass is 16.3. The van der Waals surface area contributed by atoms with Crippen LogP contribution in [0.4, 0.5) is 17.1 Å². The largest absolute Gasteiger partial charge is 0.456 e. The number of hydrogen-bond donors (Lipinski definition) is 0. The first kappa shape index (κ1) is 29.6. The maximum Gasteiger partial charge on any atom is 0.137 e. The number of anilines is 3. The van der Waals surface area contributed by atoms with E-state index in [1.807, 2.05) is 24.3 Å². The Kier molecular flexibility index (Phi) is 6.55. The number of nitrogens with zero attached hydrogens (tertiary/aromatic N) is 1. The lowest BCUT2D eigenvalue weighted by Gasteiger charge is -2.27. The van der Waals surface area contributed by atoms with Crippen LogP contribution in [0.3, 0.4) is 0 Å². The second-order valence-corrected chi connectivity index (χ2v) is 13.7. The molecule has 2 aromatic heterocycles. The third kappa shape index (κ3) is 4.75. The average Bonchev–Trinajstić information content (AvgIpc) is 3.80. The molecule has 0 unspecified atom stereocenters. The molecule has 0 saturated heterocycles. The fraction of sp³-hybridized carbons (Fsp3) is 0. The number of hydrogen-bond acceptors (Lipinski definition) is 3. The number of benzene rings is 9. The van der Waals surface area contributed by atoms with Crippen LogP contribution in [0.15, 0.2) is 197 Å². The first-order valence-corrected chi connectivity index (χ1v) is 18.0. The van der Waals surface area contributed by atoms with Crippen LogP contribution < -0.4 is 4.90 Å². The minimum Gasteiger partial charge on any atom is -0.456 e. The molecule has 0 spiro atoms. The van der Waals surface area contributed by atoms with E-state index in [1.54, 1.807) is 0 Å². The molecule has 3 nitrogen and oxygen atoms in total. The van der Waals surface area contributed by atoms with E-state index >= 15 is 0 Å². The van der Waals surface area contributed by atoms with Crippen molar-refractivity contribution in [1.82, 2.24) is 0 Å². The zero-order valence-corrected chi connectivity index (χ0v) is 28.7. The van der Waals surface area contributed by atoms with Gasteiger partial charge in [0, 0.05) is 27.5 Å². The van der Waals surface area contributed by atoms with Gasteiger partial charge in [0.25, 0.3) is 0 Å². The normalized spacial score (nSPS) is 11.8. The molecule has 9 aromatic carbocycles. The van der Waals surface area contributed by atoms with Gasteiger partial charge in [0.2, 0.25) is 0 Å². The Morgan fingerprint density at radius 3 is 1.64 bits per heavy atom. The molecule has 53 heavy (non-hydrogen) atoms. The van der Waals surface area contributed by atoms with Gasteiger partial charge in [-0.25, -0.2) is 0 Å². The van der Waals surface area contributed by atoms with Gasteiger partial charge in [-0.3, -0.25) is 0 Å². The average molecular weight is 678 g/mol. The molecule has 11 aromatic rings. The van der Waals surface area contributed by atoms with Crippen LogP contribution in [-0.2, 0) is 0 Å². The van der Waals surface area contributed by atoms with Gasteiger partial charge in [-0.15, -0.1) is 0 Å². The highest BCUT2D eigenvalue weighted by Crippen LogP contribution is 2.44. The molecule has 0 aliphatic heterocycles. The molecule has 11 rings (SSSR count). The van der Waals surface area contributed by atoms with Crippen LogP contribution in [0.5, 0.6) is 0 Å². The molecule has 0 radical (unpaired) electrons. The van der Waals surface area contributed by atoms with E-state index in [4.69, 9.17) is 8.83 Å². The summed E-state index contributed by atoms with van der Waals surface area (Å²) in [5.74, 6) is 0. The highest BCUT2D eigenvalue weighted by molar-refractivity contribution is 6.15. The van der Waals surface area contributed by atoms with Gasteiger partial charge in [-0.05, 0) is 111 Å². The maximum absolute atomic E-state index is 6.37. The Morgan fingerprint density at radius 2 is 0.868 bits per heavy atom. The zero-order chi connectivity index (χ0) is 34.9. The summed E-state index contributed by atoms with van der Waals surface area (Å²) >= 11 is 0. The molecule has 0 atom stereocenters. The smallest absolute Gasteiger partial charge is 0.137 e. The second kappa shape index (κ2) is 11.7. The number of furan rings is 2. The number of para-hydroxylation sites is 2. The van der Waals surface area contributed by atoms with E-state index in [0.29, 0.717) is 0 Å². The minimum atomic E-state index is 0.865. The van der Waals surface area contributed by atoms with Crippen molar-refractivity contribution in [3.63, 3.8) is 0 Å². The first-order chi connectivity index (χ1) is 26.3. The standard InChI is InChI=1S/C50H31NO2/c1-2-11-38-35(10-1)30-44(40-13-4-3-12-39(38)40)33-22-27-37(28-23-33)51(45-16-9-19-48-50(45)43-15-6-8-18-47(43)52-48)36-25-20-32(21-26-36)34-24-29-42-41-14-5-7-17-46(41)53-49(42)31-34/h1-31H. The molecule has 2 heterocycles. The van der Waals surface area contributed by atoms with Crippen molar-refractivity contribution in [1.29, 1.82) is 0 Å². The monoisotopic (exact) mass is 677 g/mol. The van der Waals surface area contributed by atoms with E-state index in [1.165, 1.54) is 32.7 Å². The molecular formula is C50H31NO2. The third-order valence-electron chi connectivity index (χ3n) is 10.7. The lowest BCUT2D eigenvalue weighted by atomic mass is 9.93. The number of fused-ring (bicyclic) bond motifs is 9. The summed E-state index contributed by atoms with van der Waals surface area (Å²) in [6, 6.07) is 66.9. The molecule has 0 aliphatic carbocycles. The van der Waals surface area contributed by atoms with E-state index in [2.05, 4.69) is 169 Å². The van der Waals surface area contributed by atoms with Crippen LogP contribution in [-0.4, -0.2) is 0 Å². The van der Waals surface area contributed by atoms with E-state index in [9.17, 15) is 0 Å². The number of rotatable bonds is 5. The van der Waals surface area contributed by atoms with Gasteiger partial charge >= 0.3 is 0 Å². The predicted octanol–water partition coefficient (Wildman–Crippen LogP) is 14.6. The van der Waals surface area contributed by atoms with Crippen LogP contribution in [0.1, 0.15) is 0 Å². The summed E-state index contributed by atoms with van der Waals surface area (Å²) in [7, 11) is 0. The van der Waals surface area contributed by atoms with Crippen molar-refractivity contribution in [3.05, 3.63) is 188 Å². The summed E-state index contributed by atoms with van der Waals surface area (Å²) in [5.41, 5.74) is 11.4. The Morgan fingerprint density at radius 1 is 0.321 bits per heavy atom.